The fraction of sp³-hybridized carbons (Fsp3) is 0.0588. The maximum Gasteiger partial charge on any atom is 0.573 e. The molecule has 1 N–H and O–H groups in total. The Kier molecular flexibility index (Phi) is 5.58. The summed E-state index contributed by atoms with van der Waals surface area (Å²) in [5.74, 6) is -0.270. The van der Waals surface area contributed by atoms with Crippen molar-refractivity contribution in [1.82, 2.24) is 4.98 Å². The lowest BCUT2D eigenvalue weighted by atomic mass is 10.2. The molecule has 0 radical (unpaired) electrons. The van der Waals surface area contributed by atoms with Crippen LogP contribution in [0.4, 0.5) is 18.3 Å². The summed E-state index contributed by atoms with van der Waals surface area (Å²) in [5, 5.41) is 6.48. The van der Waals surface area contributed by atoms with Crippen molar-refractivity contribution in [3.05, 3.63) is 63.9 Å². The fourth-order valence-electron chi connectivity index (χ4n) is 2.00. The largest absolute Gasteiger partial charge is 0.573 e. The van der Waals surface area contributed by atoms with E-state index in [4.69, 9.17) is 0 Å². The highest BCUT2D eigenvalue weighted by molar-refractivity contribution is 9.10. The molecule has 9 heteroatoms. The molecule has 2 aromatic carbocycles. The molecule has 4 nitrogen and oxygen atoms in total. The quantitative estimate of drug-likeness (QED) is 0.394. The van der Waals surface area contributed by atoms with Gasteiger partial charge in [0.25, 0.3) is 0 Å². The van der Waals surface area contributed by atoms with E-state index in [1.165, 1.54) is 35.6 Å². The van der Waals surface area contributed by atoms with Crippen LogP contribution in [0, 0.1) is 0 Å². The second-order valence-corrected chi connectivity index (χ2v) is 6.81. The van der Waals surface area contributed by atoms with E-state index < -0.39 is 6.36 Å². The fourth-order valence-corrected chi connectivity index (χ4v) is 2.93. The molecule has 0 spiro atoms. The van der Waals surface area contributed by atoms with E-state index in [1.54, 1.807) is 11.6 Å². The standard InChI is InChI=1S/C17H11BrF3N3OS/c18-13-5-1-11(2-6-13)9-22-24-16-23-15(10-26-16)12-3-7-14(8-4-12)25-17(19,20)21/h1-10H,(H,23,24)/b22-9+. The first-order chi connectivity index (χ1) is 12.4. The highest BCUT2D eigenvalue weighted by atomic mass is 79.9. The summed E-state index contributed by atoms with van der Waals surface area (Å²) in [6, 6.07) is 13.2. The van der Waals surface area contributed by atoms with Crippen LogP contribution in [0.5, 0.6) is 5.75 Å². The average molecular weight is 442 g/mol. The number of nitrogens with zero attached hydrogens (tertiary/aromatic N) is 2. The SMILES string of the molecule is FC(F)(F)Oc1ccc(-c2csc(N/N=C/c3ccc(Br)cc3)n2)cc1. The molecular weight excluding hydrogens is 431 g/mol. The zero-order valence-corrected chi connectivity index (χ0v) is 15.4. The molecule has 0 aliphatic heterocycles. The van der Waals surface area contributed by atoms with Gasteiger partial charge in [-0.3, -0.25) is 5.43 Å². The van der Waals surface area contributed by atoms with E-state index in [-0.39, 0.29) is 5.75 Å². The minimum absolute atomic E-state index is 0.270. The molecule has 1 aromatic heterocycles. The second-order valence-electron chi connectivity index (χ2n) is 5.03. The van der Waals surface area contributed by atoms with Gasteiger partial charge in [0, 0.05) is 15.4 Å². The van der Waals surface area contributed by atoms with Crippen LogP contribution in [0.15, 0.2) is 63.5 Å². The van der Waals surface area contributed by atoms with Crippen molar-refractivity contribution in [1.29, 1.82) is 0 Å². The lowest BCUT2D eigenvalue weighted by Gasteiger charge is -2.08. The van der Waals surface area contributed by atoms with Crippen LogP contribution in [0.2, 0.25) is 0 Å². The first-order valence-electron chi connectivity index (χ1n) is 7.25. The summed E-state index contributed by atoms with van der Waals surface area (Å²) in [6.07, 6.45) is -3.04. The summed E-state index contributed by atoms with van der Waals surface area (Å²) in [5.41, 5.74) is 5.08. The van der Waals surface area contributed by atoms with Crippen molar-refractivity contribution in [2.45, 2.75) is 6.36 Å². The molecule has 0 unspecified atom stereocenters. The van der Waals surface area contributed by atoms with Crippen LogP contribution in [-0.4, -0.2) is 17.6 Å². The van der Waals surface area contributed by atoms with E-state index >= 15 is 0 Å². The molecule has 26 heavy (non-hydrogen) atoms. The molecule has 134 valence electrons. The van der Waals surface area contributed by atoms with Gasteiger partial charge in [-0.15, -0.1) is 24.5 Å². The number of hydrogen-bond donors (Lipinski definition) is 1. The summed E-state index contributed by atoms with van der Waals surface area (Å²) < 4.78 is 41.3. The number of aromatic nitrogens is 1. The van der Waals surface area contributed by atoms with E-state index in [2.05, 4.69) is 36.2 Å². The number of rotatable bonds is 5. The normalized spacial score (nSPS) is 11.7. The molecule has 0 bridgehead atoms. The minimum Gasteiger partial charge on any atom is -0.406 e. The Hall–Kier alpha value is -2.39. The molecule has 0 saturated heterocycles. The highest BCUT2D eigenvalue weighted by Gasteiger charge is 2.30. The lowest BCUT2D eigenvalue weighted by molar-refractivity contribution is -0.274. The van der Waals surface area contributed by atoms with Crippen LogP contribution >= 0.6 is 27.3 Å². The number of benzene rings is 2. The Bertz CT molecular complexity index is 893. The predicted molar refractivity (Wildman–Crippen MR) is 99.6 cm³/mol. The molecule has 0 atom stereocenters. The molecule has 3 rings (SSSR count). The number of anilines is 1. The van der Waals surface area contributed by atoms with Crippen molar-refractivity contribution in [2.24, 2.45) is 5.10 Å². The van der Waals surface area contributed by atoms with Crippen molar-refractivity contribution < 1.29 is 17.9 Å². The predicted octanol–water partition coefficient (Wildman–Crippen LogP) is 5.92. The van der Waals surface area contributed by atoms with E-state index in [0.29, 0.717) is 16.4 Å². The molecule has 0 amide bonds. The number of ether oxygens (including phenoxy) is 1. The first-order valence-corrected chi connectivity index (χ1v) is 8.93. The maximum absolute atomic E-state index is 12.2. The van der Waals surface area contributed by atoms with Gasteiger partial charge in [-0.2, -0.15) is 5.10 Å². The van der Waals surface area contributed by atoms with Gasteiger partial charge in [0.2, 0.25) is 5.13 Å². The summed E-state index contributed by atoms with van der Waals surface area (Å²) in [4.78, 5) is 4.35. The highest BCUT2D eigenvalue weighted by Crippen LogP contribution is 2.28. The number of hydrogen-bond acceptors (Lipinski definition) is 5. The van der Waals surface area contributed by atoms with E-state index in [9.17, 15) is 13.2 Å². The van der Waals surface area contributed by atoms with Crippen LogP contribution in [0.25, 0.3) is 11.3 Å². The van der Waals surface area contributed by atoms with Gasteiger partial charge in [-0.1, -0.05) is 28.1 Å². The molecule has 3 aromatic rings. The molecule has 0 aliphatic carbocycles. The molecule has 0 fully saturated rings. The van der Waals surface area contributed by atoms with Crippen LogP contribution in [0.3, 0.4) is 0 Å². The Labute approximate surface area is 159 Å². The Morgan fingerprint density at radius 1 is 1.08 bits per heavy atom. The summed E-state index contributed by atoms with van der Waals surface area (Å²) in [6.45, 7) is 0. The van der Waals surface area contributed by atoms with Crippen LogP contribution in [0.1, 0.15) is 5.56 Å². The topological polar surface area (TPSA) is 46.5 Å². The van der Waals surface area contributed by atoms with Gasteiger partial charge in [0.15, 0.2) is 0 Å². The number of hydrazone groups is 1. The van der Waals surface area contributed by atoms with Gasteiger partial charge in [-0.05, 0) is 42.0 Å². The third kappa shape index (κ3) is 5.30. The number of halogens is 4. The lowest BCUT2D eigenvalue weighted by Crippen LogP contribution is -2.16. The molecular formula is C17H11BrF3N3OS. The molecule has 0 saturated carbocycles. The van der Waals surface area contributed by atoms with Crippen LogP contribution < -0.4 is 10.2 Å². The number of alkyl halides is 3. The maximum atomic E-state index is 12.2. The first kappa shape index (κ1) is 18.4. The van der Waals surface area contributed by atoms with Crippen LogP contribution in [-0.2, 0) is 0 Å². The Morgan fingerprint density at radius 3 is 2.42 bits per heavy atom. The van der Waals surface area contributed by atoms with E-state index in [0.717, 1.165) is 10.0 Å². The smallest absolute Gasteiger partial charge is 0.406 e. The van der Waals surface area contributed by atoms with E-state index in [1.807, 2.05) is 24.3 Å². The monoisotopic (exact) mass is 441 g/mol. The van der Waals surface area contributed by atoms with Gasteiger partial charge in [0.1, 0.15) is 5.75 Å². The van der Waals surface area contributed by atoms with Crippen molar-refractivity contribution in [3.8, 4) is 17.0 Å². The number of nitrogens with one attached hydrogen (secondary N) is 1. The average Bonchev–Trinajstić information content (AvgIpc) is 3.05. The van der Waals surface area contributed by atoms with Gasteiger partial charge in [-0.25, -0.2) is 4.98 Å². The van der Waals surface area contributed by atoms with Gasteiger partial charge < -0.3 is 4.74 Å². The zero-order valence-electron chi connectivity index (χ0n) is 13.0. The summed E-state index contributed by atoms with van der Waals surface area (Å²) >= 11 is 4.70. The molecule has 1 heterocycles. The van der Waals surface area contributed by atoms with Crippen molar-refractivity contribution in [2.75, 3.05) is 5.43 Å². The Balaban J connectivity index is 1.63. The van der Waals surface area contributed by atoms with Crippen molar-refractivity contribution >= 4 is 38.6 Å². The third-order valence-electron chi connectivity index (χ3n) is 3.13. The summed E-state index contributed by atoms with van der Waals surface area (Å²) in [7, 11) is 0. The van der Waals surface area contributed by atoms with Crippen molar-refractivity contribution in [3.63, 3.8) is 0 Å². The van der Waals surface area contributed by atoms with Gasteiger partial charge >= 0.3 is 6.36 Å². The second kappa shape index (κ2) is 7.88. The third-order valence-corrected chi connectivity index (χ3v) is 4.41. The molecule has 0 aliphatic rings. The minimum atomic E-state index is -4.70. The Morgan fingerprint density at radius 2 is 1.77 bits per heavy atom. The number of thiazole rings is 1. The van der Waals surface area contributed by atoms with Gasteiger partial charge in [0.05, 0.1) is 11.9 Å². The zero-order chi connectivity index (χ0) is 18.6.